The van der Waals surface area contributed by atoms with Crippen molar-refractivity contribution in [3.8, 4) is 0 Å². The second-order valence-electron chi connectivity index (χ2n) is 4.22. The number of aryl methyl sites for hydroxylation is 1. The van der Waals surface area contributed by atoms with Crippen LogP contribution in [0.15, 0.2) is 60.7 Å². The molecule has 0 amide bonds. The van der Waals surface area contributed by atoms with E-state index in [1.165, 1.54) is 11.1 Å². The summed E-state index contributed by atoms with van der Waals surface area (Å²) in [5.74, 6) is 0.659. The lowest BCUT2D eigenvalue weighted by Gasteiger charge is -2.01. The molecule has 0 nitrogen and oxygen atoms in total. The highest BCUT2D eigenvalue weighted by atomic mass is 14.0. The van der Waals surface area contributed by atoms with Gasteiger partial charge >= 0.3 is 0 Å². The van der Waals surface area contributed by atoms with Crippen LogP contribution >= 0.6 is 0 Å². The molecule has 0 fully saturated rings. The van der Waals surface area contributed by atoms with Crippen LogP contribution in [0.2, 0.25) is 0 Å². The van der Waals surface area contributed by atoms with Gasteiger partial charge in [-0.05, 0) is 18.4 Å². The topological polar surface area (TPSA) is 0 Å². The van der Waals surface area contributed by atoms with E-state index < -0.39 is 0 Å². The van der Waals surface area contributed by atoms with Gasteiger partial charge in [0.15, 0.2) is 0 Å². The van der Waals surface area contributed by atoms with Gasteiger partial charge < -0.3 is 0 Å². The molecule has 0 saturated carbocycles. The van der Waals surface area contributed by atoms with Crippen molar-refractivity contribution in [3.05, 3.63) is 71.8 Å². The Kier molecular flexibility index (Phi) is 16.1. The van der Waals surface area contributed by atoms with Gasteiger partial charge in [-0.1, -0.05) is 108 Å². The third-order valence-corrected chi connectivity index (χ3v) is 2.41. The van der Waals surface area contributed by atoms with Gasteiger partial charge in [-0.25, -0.2) is 0 Å². The van der Waals surface area contributed by atoms with Crippen molar-refractivity contribution in [1.82, 2.24) is 0 Å². The van der Waals surface area contributed by atoms with Crippen molar-refractivity contribution in [2.45, 2.75) is 54.4 Å². The lowest BCUT2D eigenvalue weighted by Crippen LogP contribution is -1.83. The van der Waals surface area contributed by atoms with Gasteiger partial charge in [-0.15, -0.1) is 0 Å². The first-order valence-electron chi connectivity index (χ1n) is 7.76. The predicted octanol–water partition coefficient (Wildman–Crippen LogP) is 6.86. The molecule has 0 N–H and O–H groups in total. The molecule has 0 aliphatic carbocycles. The normalized spacial score (nSPS) is 8.20. The van der Waals surface area contributed by atoms with E-state index in [9.17, 15) is 0 Å². The zero-order chi connectivity index (χ0) is 15.8. The summed E-state index contributed by atoms with van der Waals surface area (Å²) in [6.07, 6.45) is 0. The van der Waals surface area contributed by atoms with Gasteiger partial charge in [-0.3, -0.25) is 0 Å². The molecule has 0 spiro atoms. The molecule has 0 atom stereocenters. The third kappa shape index (κ3) is 11.5. The van der Waals surface area contributed by atoms with Gasteiger partial charge in [0.25, 0.3) is 0 Å². The maximum absolute atomic E-state index is 2.20. The van der Waals surface area contributed by atoms with Crippen LogP contribution in [0.5, 0.6) is 0 Å². The van der Waals surface area contributed by atoms with E-state index in [2.05, 4.69) is 57.2 Å². The van der Waals surface area contributed by atoms with Crippen LogP contribution in [0, 0.1) is 6.92 Å². The Labute approximate surface area is 126 Å². The molecule has 0 aliphatic rings. The van der Waals surface area contributed by atoms with E-state index in [1.807, 2.05) is 52.0 Å². The van der Waals surface area contributed by atoms with Crippen LogP contribution in [0.4, 0.5) is 0 Å². The standard InChI is InChI=1S/C9H12.C7H8.2C2H6/c1-8(2)9-6-4-3-5-7-9;1-7-5-3-2-4-6-7;2*1-2/h3-8H,1-2H3;2-6H,1H3;2*1-2H3. The second kappa shape index (κ2) is 15.5. The number of rotatable bonds is 1. The minimum Gasteiger partial charge on any atom is -0.0683 e. The Morgan fingerprint density at radius 2 is 0.950 bits per heavy atom. The zero-order valence-corrected chi connectivity index (χ0v) is 14.4. The Morgan fingerprint density at radius 1 is 0.600 bits per heavy atom. The fraction of sp³-hybridized carbons (Fsp3) is 0.400. The quantitative estimate of drug-likeness (QED) is 0.532. The molecule has 20 heavy (non-hydrogen) atoms. The number of hydrogen-bond acceptors (Lipinski definition) is 0. The first-order valence-corrected chi connectivity index (χ1v) is 7.76. The molecule has 2 rings (SSSR count). The molecule has 0 aliphatic heterocycles. The van der Waals surface area contributed by atoms with Crippen LogP contribution < -0.4 is 0 Å². The Morgan fingerprint density at radius 3 is 1.15 bits per heavy atom. The summed E-state index contributed by atoms with van der Waals surface area (Å²) in [6.45, 7) is 14.5. The lowest BCUT2D eigenvalue weighted by atomic mass is 10.0. The molecule has 2 aromatic carbocycles. The fourth-order valence-electron chi connectivity index (χ4n) is 1.37. The van der Waals surface area contributed by atoms with E-state index >= 15 is 0 Å². The van der Waals surface area contributed by atoms with E-state index in [4.69, 9.17) is 0 Å². The molecule has 0 radical (unpaired) electrons. The summed E-state index contributed by atoms with van der Waals surface area (Å²) in [5.41, 5.74) is 2.74. The van der Waals surface area contributed by atoms with Crippen LogP contribution in [-0.4, -0.2) is 0 Å². The van der Waals surface area contributed by atoms with Gasteiger partial charge in [0.05, 0.1) is 0 Å². The third-order valence-electron chi connectivity index (χ3n) is 2.41. The lowest BCUT2D eigenvalue weighted by molar-refractivity contribution is 0.867. The first-order chi connectivity index (χ1) is 9.70. The molecule has 0 aromatic heterocycles. The molecule has 2 aromatic rings. The minimum absolute atomic E-state index is 0.659. The first kappa shape index (κ1) is 20.8. The van der Waals surface area contributed by atoms with E-state index in [0.717, 1.165) is 0 Å². The van der Waals surface area contributed by atoms with Crippen molar-refractivity contribution in [3.63, 3.8) is 0 Å². The Balaban J connectivity index is 0. The zero-order valence-electron chi connectivity index (χ0n) is 14.4. The summed E-state index contributed by atoms with van der Waals surface area (Å²) < 4.78 is 0. The number of hydrogen-bond donors (Lipinski definition) is 0. The summed E-state index contributed by atoms with van der Waals surface area (Å²) in [7, 11) is 0. The van der Waals surface area contributed by atoms with Crippen molar-refractivity contribution >= 4 is 0 Å². The van der Waals surface area contributed by atoms with Crippen LogP contribution in [0.1, 0.15) is 58.6 Å². The average molecular weight is 272 g/mol. The van der Waals surface area contributed by atoms with Crippen molar-refractivity contribution < 1.29 is 0 Å². The fourth-order valence-corrected chi connectivity index (χ4v) is 1.37. The summed E-state index contributed by atoms with van der Waals surface area (Å²) in [5, 5.41) is 0. The highest BCUT2D eigenvalue weighted by Crippen LogP contribution is 2.11. The van der Waals surface area contributed by atoms with Gasteiger partial charge in [0.1, 0.15) is 0 Å². The smallest absolute Gasteiger partial charge is 0.0219 e. The number of benzene rings is 2. The Bertz CT molecular complexity index is 373. The van der Waals surface area contributed by atoms with Crippen molar-refractivity contribution in [1.29, 1.82) is 0 Å². The van der Waals surface area contributed by atoms with Gasteiger partial charge in [0.2, 0.25) is 0 Å². The molecule has 0 unspecified atom stereocenters. The maximum atomic E-state index is 2.20. The molecule has 0 saturated heterocycles. The largest absolute Gasteiger partial charge is 0.0683 e. The maximum Gasteiger partial charge on any atom is -0.0219 e. The second-order valence-corrected chi connectivity index (χ2v) is 4.22. The van der Waals surface area contributed by atoms with Crippen LogP contribution in [0.25, 0.3) is 0 Å². The van der Waals surface area contributed by atoms with Crippen molar-refractivity contribution in [2.75, 3.05) is 0 Å². The molecule has 112 valence electrons. The van der Waals surface area contributed by atoms with Gasteiger partial charge in [0, 0.05) is 0 Å². The summed E-state index contributed by atoms with van der Waals surface area (Å²) in [4.78, 5) is 0. The summed E-state index contributed by atoms with van der Waals surface area (Å²) >= 11 is 0. The molecule has 0 heteroatoms. The Hall–Kier alpha value is -1.56. The van der Waals surface area contributed by atoms with E-state index in [0.29, 0.717) is 5.92 Å². The van der Waals surface area contributed by atoms with E-state index in [1.54, 1.807) is 0 Å². The molecule has 0 bridgehead atoms. The monoisotopic (exact) mass is 272 g/mol. The molecular weight excluding hydrogens is 240 g/mol. The molecule has 0 heterocycles. The predicted molar refractivity (Wildman–Crippen MR) is 94.4 cm³/mol. The van der Waals surface area contributed by atoms with Crippen LogP contribution in [0.3, 0.4) is 0 Å². The van der Waals surface area contributed by atoms with Crippen LogP contribution in [-0.2, 0) is 0 Å². The average Bonchev–Trinajstić information content (AvgIpc) is 2.53. The molecular formula is C20H32. The van der Waals surface area contributed by atoms with E-state index in [-0.39, 0.29) is 0 Å². The highest BCUT2D eigenvalue weighted by molar-refractivity contribution is 5.17. The van der Waals surface area contributed by atoms with Crippen molar-refractivity contribution in [2.24, 2.45) is 0 Å². The van der Waals surface area contributed by atoms with Gasteiger partial charge in [-0.2, -0.15) is 0 Å². The SMILES string of the molecule is CC.CC.CC(C)c1ccccc1.Cc1ccccc1. The highest BCUT2D eigenvalue weighted by Gasteiger charge is 1.93. The summed E-state index contributed by atoms with van der Waals surface area (Å²) in [6, 6.07) is 20.8. The minimum atomic E-state index is 0.659.